The molecule has 0 bridgehead atoms. The van der Waals surface area contributed by atoms with E-state index < -0.39 is 11.7 Å². The molecule has 0 atom stereocenters. The maximum absolute atomic E-state index is 14.0. The molecule has 7 heteroatoms. The molecule has 1 aromatic heterocycles. The number of allylic oxidation sites excluding steroid dienone is 2. The molecular weight excluding hydrogens is 776 g/mol. The van der Waals surface area contributed by atoms with E-state index in [1.807, 2.05) is 12.1 Å². The second kappa shape index (κ2) is 14.0. The van der Waals surface area contributed by atoms with Gasteiger partial charge in [0.1, 0.15) is 0 Å². The number of rotatable bonds is 3. The Morgan fingerprint density at radius 3 is 2.15 bits per heavy atom. The topological polar surface area (TPSA) is 50.2 Å². The second-order valence-corrected chi connectivity index (χ2v) is 12.5. The first-order valence-electron chi connectivity index (χ1n) is 15.6. The van der Waals surface area contributed by atoms with Crippen molar-refractivity contribution in [1.82, 2.24) is 4.98 Å². The number of nitrogens with zero attached hydrogens (tertiary/aromatic N) is 1. The van der Waals surface area contributed by atoms with Crippen molar-refractivity contribution >= 4 is 48.9 Å². The van der Waals surface area contributed by atoms with Crippen molar-refractivity contribution in [2.45, 2.75) is 58.5 Å². The Kier molecular flexibility index (Phi) is 10.2. The monoisotopic (exact) mass is 811 g/mol. The number of fused-ring (bicyclic) bond motifs is 6. The van der Waals surface area contributed by atoms with Crippen LogP contribution in [0.3, 0.4) is 0 Å². The fourth-order valence-electron chi connectivity index (χ4n) is 6.78. The summed E-state index contributed by atoms with van der Waals surface area (Å²) in [4.78, 5) is 14.6. The quantitative estimate of drug-likeness (QED) is 0.0838. The number of ketones is 1. The molecule has 1 aliphatic carbocycles. The summed E-state index contributed by atoms with van der Waals surface area (Å²) in [6.45, 7) is 5.20. The first-order valence-corrected chi connectivity index (χ1v) is 15.6. The number of hydrogen-bond acceptors (Lipinski definition) is 3. The Morgan fingerprint density at radius 2 is 1.47 bits per heavy atom. The SMILES string of the molecule is CC(=O)/C=C(/C)O.CC1CCC(c2ccc3c(ccc4c5ccnc(-c6[c-]c7ccccc7c(C(F)(F)F)c6)c5ccc34)c2)CC1.[Ir]. The van der Waals surface area contributed by atoms with E-state index in [2.05, 4.69) is 54.4 Å². The van der Waals surface area contributed by atoms with E-state index in [-0.39, 0.29) is 37.0 Å². The maximum atomic E-state index is 14.0. The standard InChI is InChI=1S/C35H27F3N.C5H8O2.Ir/c1-21-6-8-22(9-7-21)23-10-12-27-25(18-23)11-13-30-29(27)14-15-32-31(30)16-17-39-34(32)26-19-24-4-2-3-5-28(24)33(20-26)35(36,37)38;1-4(6)3-5(2)7;/h2-5,10-18,20-22H,6-9H2,1H3;3,6H,1-2H3;/q-1;;/b;4-3-;. The molecule has 243 valence electrons. The number of halogens is 3. The van der Waals surface area contributed by atoms with Crippen LogP contribution >= 0.6 is 0 Å². The first kappa shape index (κ1) is 34.3. The van der Waals surface area contributed by atoms with E-state index in [1.165, 1.54) is 74.1 Å². The Hall–Kier alpha value is -4.06. The number of aromatic nitrogens is 1. The van der Waals surface area contributed by atoms with Crippen LogP contribution in [-0.2, 0) is 31.1 Å². The molecule has 1 saturated carbocycles. The van der Waals surface area contributed by atoms with Crippen molar-refractivity contribution < 1.29 is 43.2 Å². The van der Waals surface area contributed by atoms with Crippen LogP contribution in [0.15, 0.2) is 96.9 Å². The third-order valence-corrected chi connectivity index (χ3v) is 9.02. The molecule has 1 radical (unpaired) electrons. The van der Waals surface area contributed by atoms with Crippen LogP contribution in [-0.4, -0.2) is 15.9 Å². The number of pyridine rings is 1. The van der Waals surface area contributed by atoms with Gasteiger partial charge in [0, 0.05) is 38.1 Å². The number of aliphatic hydroxyl groups is 1. The molecular formula is C40H35F3IrNO2-. The van der Waals surface area contributed by atoms with Crippen molar-refractivity contribution in [2.24, 2.45) is 5.92 Å². The van der Waals surface area contributed by atoms with E-state index in [1.54, 1.807) is 24.4 Å². The summed E-state index contributed by atoms with van der Waals surface area (Å²) in [5, 5.41) is 15.4. The number of carbonyl (C=O) groups excluding carboxylic acids is 1. The molecule has 0 amide bonds. The van der Waals surface area contributed by atoms with Gasteiger partial charge in [-0.2, -0.15) is 13.2 Å². The molecule has 6 aromatic rings. The third kappa shape index (κ3) is 7.27. The van der Waals surface area contributed by atoms with Crippen LogP contribution in [0.5, 0.6) is 0 Å². The average molecular weight is 811 g/mol. The molecule has 7 rings (SSSR count). The zero-order valence-corrected chi connectivity index (χ0v) is 28.8. The van der Waals surface area contributed by atoms with Gasteiger partial charge < -0.3 is 5.11 Å². The van der Waals surface area contributed by atoms with Gasteiger partial charge in [-0.05, 0) is 88.0 Å². The van der Waals surface area contributed by atoms with Gasteiger partial charge in [-0.25, -0.2) is 0 Å². The Labute approximate surface area is 285 Å². The summed E-state index contributed by atoms with van der Waals surface area (Å²) in [6, 6.07) is 28.1. The normalized spacial score (nSPS) is 16.9. The largest absolute Gasteiger partial charge is 0.512 e. The molecule has 47 heavy (non-hydrogen) atoms. The van der Waals surface area contributed by atoms with Gasteiger partial charge >= 0.3 is 6.18 Å². The zero-order chi connectivity index (χ0) is 32.6. The fourth-order valence-corrected chi connectivity index (χ4v) is 6.78. The van der Waals surface area contributed by atoms with Crippen LogP contribution in [0.4, 0.5) is 13.2 Å². The van der Waals surface area contributed by atoms with Gasteiger partial charge in [0.25, 0.3) is 0 Å². The summed E-state index contributed by atoms with van der Waals surface area (Å²) in [6.07, 6.45) is 3.47. The maximum Gasteiger partial charge on any atom is 0.403 e. The van der Waals surface area contributed by atoms with Crippen LogP contribution < -0.4 is 0 Å². The Balaban J connectivity index is 0.000000491. The minimum absolute atomic E-state index is 0. The average Bonchev–Trinajstić information content (AvgIpc) is 3.03. The van der Waals surface area contributed by atoms with Crippen molar-refractivity contribution in [2.75, 3.05) is 0 Å². The van der Waals surface area contributed by atoms with Gasteiger partial charge in [-0.1, -0.05) is 91.4 Å². The molecule has 1 aliphatic rings. The van der Waals surface area contributed by atoms with E-state index in [0.717, 1.165) is 27.5 Å². The molecule has 0 aliphatic heterocycles. The number of carbonyl (C=O) groups is 1. The van der Waals surface area contributed by atoms with Gasteiger partial charge in [-0.15, -0.1) is 23.6 Å². The second-order valence-electron chi connectivity index (χ2n) is 12.5. The summed E-state index contributed by atoms with van der Waals surface area (Å²) in [5.74, 6) is 1.39. The zero-order valence-electron chi connectivity index (χ0n) is 26.4. The third-order valence-electron chi connectivity index (χ3n) is 9.02. The van der Waals surface area contributed by atoms with Gasteiger partial charge in [0.2, 0.25) is 0 Å². The first-order chi connectivity index (χ1) is 22.0. The fraction of sp³-hybridized carbons (Fsp3) is 0.250. The summed E-state index contributed by atoms with van der Waals surface area (Å²) < 4.78 is 42.0. The van der Waals surface area contributed by atoms with Crippen LogP contribution in [0.2, 0.25) is 0 Å². The number of alkyl halides is 3. The van der Waals surface area contributed by atoms with E-state index >= 15 is 0 Å². The molecule has 3 nitrogen and oxygen atoms in total. The smallest absolute Gasteiger partial charge is 0.403 e. The van der Waals surface area contributed by atoms with Crippen molar-refractivity contribution in [3.05, 3.63) is 114 Å². The van der Waals surface area contributed by atoms with E-state index in [9.17, 15) is 18.0 Å². The predicted octanol–water partition coefficient (Wildman–Crippen LogP) is 11.5. The van der Waals surface area contributed by atoms with Crippen LogP contribution in [0.1, 0.15) is 63.5 Å². The number of aliphatic hydroxyl groups excluding tert-OH is 1. The Bertz CT molecular complexity index is 2120. The van der Waals surface area contributed by atoms with Crippen molar-refractivity contribution in [3.8, 4) is 11.3 Å². The summed E-state index contributed by atoms with van der Waals surface area (Å²) in [7, 11) is 0. The van der Waals surface area contributed by atoms with Crippen LogP contribution in [0.25, 0.3) is 54.3 Å². The minimum Gasteiger partial charge on any atom is -0.512 e. The van der Waals surface area contributed by atoms with E-state index in [0.29, 0.717) is 22.6 Å². The Morgan fingerprint density at radius 1 is 0.830 bits per heavy atom. The molecule has 1 N–H and O–H groups in total. The van der Waals surface area contributed by atoms with Crippen LogP contribution in [0, 0.1) is 12.0 Å². The molecule has 0 spiro atoms. The molecule has 1 heterocycles. The number of benzene rings is 5. The van der Waals surface area contributed by atoms with Crippen molar-refractivity contribution in [3.63, 3.8) is 0 Å². The molecule has 5 aromatic carbocycles. The van der Waals surface area contributed by atoms with Gasteiger partial charge in [0.15, 0.2) is 5.78 Å². The molecule has 0 saturated heterocycles. The van der Waals surface area contributed by atoms with Crippen molar-refractivity contribution in [1.29, 1.82) is 0 Å². The summed E-state index contributed by atoms with van der Waals surface area (Å²) >= 11 is 0. The van der Waals surface area contributed by atoms with E-state index in [4.69, 9.17) is 5.11 Å². The predicted molar refractivity (Wildman–Crippen MR) is 181 cm³/mol. The minimum atomic E-state index is -4.48. The summed E-state index contributed by atoms with van der Waals surface area (Å²) in [5.41, 5.74) is 1.61. The van der Waals surface area contributed by atoms with Gasteiger partial charge in [-0.3, -0.25) is 9.78 Å². The molecule has 1 fully saturated rings. The van der Waals surface area contributed by atoms with Gasteiger partial charge in [0.05, 0.1) is 5.76 Å². The number of hydrogen-bond donors (Lipinski definition) is 1. The molecule has 0 unspecified atom stereocenters.